The van der Waals surface area contributed by atoms with Crippen LogP contribution in [-0.2, 0) is 4.74 Å². The van der Waals surface area contributed by atoms with Crippen molar-refractivity contribution < 1.29 is 9.84 Å². The molecule has 2 nitrogen and oxygen atoms in total. The van der Waals surface area contributed by atoms with Crippen LogP contribution in [-0.4, -0.2) is 23.9 Å². The SMILES string of the molecule is C[C@@]1(O)CCCOCC1. The van der Waals surface area contributed by atoms with Crippen LogP contribution in [0, 0.1) is 0 Å². The van der Waals surface area contributed by atoms with Crippen molar-refractivity contribution >= 4 is 0 Å². The van der Waals surface area contributed by atoms with E-state index in [2.05, 4.69) is 0 Å². The molecule has 1 aliphatic heterocycles. The third-order valence-electron chi connectivity index (χ3n) is 1.79. The van der Waals surface area contributed by atoms with Gasteiger partial charge in [-0.3, -0.25) is 0 Å². The molecule has 0 bridgehead atoms. The number of hydrogen-bond acceptors (Lipinski definition) is 2. The summed E-state index contributed by atoms with van der Waals surface area (Å²) in [6.07, 6.45) is 2.66. The van der Waals surface area contributed by atoms with Gasteiger partial charge in [0, 0.05) is 13.2 Å². The molecule has 0 amide bonds. The summed E-state index contributed by atoms with van der Waals surface area (Å²) in [6, 6.07) is 0. The lowest BCUT2D eigenvalue weighted by Gasteiger charge is -2.18. The molecule has 0 spiro atoms. The van der Waals surface area contributed by atoms with Crippen molar-refractivity contribution in [2.45, 2.75) is 31.8 Å². The fourth-order valence-electron chi connectivity index (χ4n) is 1.07. The van der Waals surface area contributed by atoms with Gasteiger partial charge in [-0.15, -0.1) is 0 Å². The first kappa shape index (κ1) is 7.03. The van der Waals surface area contributed by atoms with Gasteiger partial charge in [0.25, 0.3) is 0 Å². The minimum atomic E-state index is -0.462. The van der Waals surface area contributed by atoms with Gasteiger partial charge >= 0.3 is 0 Å². The lowest BCUT2D eigenvalue weighted by atomic mass is 9.98. The summed E-state index contributed by atoms with van der Waals surface area (Å²) in [7, 11) is 0. The van der Waals surface area contributed by atoms with E-state index in [-0.39, 0.29) is 0 Å². The molecular formula is C7H14O2. The second kappa shape index (κ2) is 2.67. The normalized spacial score (nSPS) is 38.0. The molecule has 9 heavy (non-hydrogen) atoms. The molecule has 54 valence electrons. The van der Waals surface area contributed by atoms with Gasteiger partial charge in [-0.1, -0.05) is 0 Å². The van der Waals surface area contributed by atoms with Gasteiger partial charge in [0.2, 0.25) is 0 Å². The van der Waals surface area contributed by atoms with E-state index in [1.807, 2.05) is 6.92 Å². The zero-order valence-electron chi connectivity index (χ0n) is 5.89. The molecule has 0 aromatic rings. The van der Waals surface area contributed by atoms with E-state index in [9.17, 15) is 5.11 Å². The molecule has 0 unspecified atom stereocenters. The van der Waals surface area contributed by atoms with Crippen LogP contribution < -0.4 is 0 Å². The van der Waals surface area contributed by atoms with Crippen molar-refractivity contribution in [1.29, 1.82) is 0 Å². The predicted octanol–water partition coefficient (Wildman–Crippen LogP) is 0.938. The maximum absolute atomic E-state index is 9.47. The molecule has 1 atom stereocenters. The monoisotopic (exact) mass is 130 g/mol. The van der Waals surface area contributed by atoms with Crippen molar-refractivity contribution in [2.24, 2.45) is 0 Å². The summed E-state index contributed by atoms with van der Waals surface area (Å²) in [4.78, 5) is 0. The predicted molar refractivity (Wildman–Crippen MR) is 35.3 cm³/mol. The Labute approximate surface area is 55.8 Å². The lowest BCUT2D eigenvalue weighted by Crippen LogP contribution is -2.23. The van der Waals surface area contributed by atoms with Gasteiger partial charge in [-0.2, -0.15) is 0 Å². The van der Waals surface area contributed by atoms with Crippen molar-refractivity contribution in [3.05, 3.63) is 0 Å². The van der Waals surface area contributed by atoms with Gasteiger partial charge in [0.1, 0.15) is 0 Å². The van der Waals surface area contributed by atoms with Crippen LogP contribution in [0.3, 0.4) is 0 Å². The topological polar surface area (TPSA) is 29.5 Å². The molecule has 1 heterocycles. The smallest absolute Gasteiger partial charge is 0.0642 e. The molecule has 1 rings (SSSR count). The highest BCUT2D eigenvalue weighted by Crippen LogP contribution is 2.19. The molecular weight excluding hydrogens is 116 g/mol. The minimum Gasteiger partial charge on any atom is -0.390 e. The first-order chi connectivity index (χ1) is 4.21. The Bertz CT molecular complexity index is 78.9. The number of aliphatic hydroxyl groups is 1. The summed E-state index contributed by atoms with van der Waals surface area (Å²) in [5.41, 5.74) is -0.462. The van der Waals surface area contributed by atoms with Crippen LogP contribution in [0.2, 0.25) is 0 Å². The van der Waals surface area contributed by atoms with Crippen LogP contribution >= 0.6 is 0 Å². The van der Waals surface area contributed by atoms with Crippen LogP contribution in [0.1, 0.15) is 26.2 Å². The van der Waals surface area contributed by atoms with Crippen LogP contribution in [0.15, 0.2) is 0 Å². The molecule has 2 heteroatoms. The fourth-order valence-corrected chi connectivity index (χ4v) is 1.07. The second-order valence-corrected chi connectivity index (χ2v) is 2.96. The average Bonchev–Trinajstić information content (AvgIpc) is 1.92. The third-order valence-corrected chi connectivity index (χ3v) is 1.79. The van der Waals surface area contributed by atoms with Crippen molar-refractivity contribution in [1.82, 2.24) is 0 Å². The Morgan fingerprint density at radius 2 is 2.11 bits per heavy atom. The lowest BCUT2D eigenvalue weighted by molar-refractivity contribution is 0.0364. The second-order valence-electron chi connectivity index (χ2n) is 2.96. The standard InChI is InChI=1S/C7H14O2/c1-7(8)3-2-5-9-6-4-7/h8H,2-6H2,1H3/t7-/m1/s1. The average molecular weight is 130 g/mol. The molecule has 0 aliphatic carbocycles. The van der Waals surface area contributed by atoms with Crippen LogP contribution in [0.25, 0.3) is 0 Å². The molecule has 1 aliphatic rings. The van der Waals surface area contributed by atoms with Gasteiger partial charge < -0.3 is 9.84 Å². The Morgan fingerprint density at radius 3 is 2.89 bits per heavy atom. The summed E-state index contributed by atoms with van der Waals surface area (Å²) < 4.78 is 5.17. The Hall–Kier alpha value is -0.0800. The molecule has 1 fully saturated rings. The zero-order valence-corrected chi connectivity index (χ0v) is 5.89. The molecule has 0 aromatic carbocycles. The summed E-state index contributed by atoms with van der Waals surface area (Å²) >= 11 is 0. The number of hydrogen-bond donors (Lipinski definition) is 1. The van der Waals surface area contributed by atoms with E-state index in [0.717, 1.165) is 25.9 Å². The van der Waals surface area contributed by atoms with Crippen molar-refractivity contribution in [2.75, 3.05) is 13.2 Å². The minimum absolute atomic E-state index is 0.462. The summed E-state index contributed by atoms with van der Waals surface area (Å²) in [6.45, 7) is 3.41. The first-order valence-electron chi connectivity index (χ1n) is 3.51. The van der Waals surface area contributed by atoms with Crippen LogP contribution in [0.4, 0.5) is 0 Å². The fraction of sp³-hybridized carbons (Fsp3) is 1.00. The van der Waals surface area contributed by atoms with Crippen molar-refractivity contribution in [3.8, 4) is 0 Å². The van der Waals surface area contributed by atoms with Crippen LogP contribution in [0.5, 0.6) is 0 Å². The third kappa shape index (κ3) is 2.33. The van der Waals surface area contributed by atoms with E-state index in [1.165, 1.54) is 0 Å². The maximum atomic E-state index is 9.47. The van der Waals surface area contributed by atoms with Gasteiger partial charge in [-0.25, -0.2) is 0 Å². The van der Waals surface area contributed by atoms with Gasteiger partial charge in [-0.05, 0) is 26.2 Å². The summed E-state index contributed by atoms with van der Waals surface area (Å²) in [5, 5.41) is 9.47. The van der Waals surface area contributed by atoms with E-state index in [1.54, 1.807) is 0 Å². The molecule has 1 N–H and O–H groups in total. The van der Waals surface area contributed by atoms with Gasteiger partial charge in [0.15, 0.2) is 0 Å². The first-order valence-corrected chi connectivity index (χ1v) is 3.51. The highest BCUT2D eigenvalue weighted by atomic mass is 16.5. The number of rotatable bonds is 0. The van der Waals surface area contributed by atoms with E-state index in [0.29, 0.717) is 6.61 Å². The summed E-state index contributed by atoms with van der Waals surface area (Å²) in [5.74, 6) is 0. The molecule has 0 radical (unpaired) electrons. The van der Waals surface area contributed by atoms with Crippen molar-refractivity contribution in [3.63, 3.8) is 0 Å². The molecule has 0 saturated carbocycles. The zero-order chi connectivity index (χ0) is 6.74. The highest BCUT2D eigenvalue weighted by Gasteiger charge is 2.21. The van der Waals surface area contributed by atoms with E-state index in [4.69, 9.17) is 4.74 Å². The Balaban J connectivity index is 2.36. The van der Waals surface area contributed by atoms with E-state index < -0.39 is 5.60 Å². The Kier molecular flexibility index (Phi) is 2.09. The molecule has 1 saturated heterocycles. The maximum Gasteiger partial charge on any atom is 0.0642 e. The quantitative estimate of drug-likeness (QED) is 0.528. The van der Waals surface area contributed by atoms with E-state index >= 15 is 0 Å². The highest BCUT2D eigenvalue weighted by molar-refractivity contribution is 4.73. The largest absolute Gasteiger partial charge is 0.390 e. The van der Waals surface area contributed by atoms with Gasteiger partial charge in [0.05, 0.1) is 5.60 Å². The molecule has 0 aromatic heterocycles. The number of ether oxygens (including phenoxy) is 1. The Morgan fingerprint density at radius 1 is 1.33 bits per heavy atom.